The number of aromatic nitrogens is 1. The molecule has 0 saturated carbocycles. The van der Waals surface area contributed by atoms with Crippen LogP contribution in [0.1, 0.15) is 26.4 Å². The van der Waals surface area contributed by atoms with E-state index in [1.165, 1.54) is 46.4 Å². The number of aryl methyl sites for hydroxylation is 1. The summed E-state index contributed by atoms with van der Waals surface area (Å²) >= 11 is 0. The third-order valence-electron chi connectivity index (χ3n) is 5.92. The molecule has 0 unspecified atom stereocenters. The summed E-state index contributed by atoms with van der Waals surface area (Å²) in [5.41, 5.74) is 6.06. The fourth-order valence-corrected chi connectivity index (χ4v) is 5.57. The molecule has 1 saturated heterocycles. The number of hydrogen-bond acceptors (Lipinski definition) is 7. The summed E-state index contributed by atoms with van der Waals surface area (Å²) in [6, 6.07) is 14.0. The number of carbonyl (C=O) groups excluding carboxylic acids is 2. The highest BCUT2D eigenvalue weighted by atomic mass is 32.2. The van der Waals surface area contributed by atoms with Gasteiger partial charge in [0.2, 0.25) is 10.0 Å². The van der Waals surface area contributed by atoms with Crippen molar-refractivity contribution in [2.75, 3.05) is 31.1 Å². The quantitative estimate of drug-likeness (QED) is 0.297. The zero-order valence-corrected chi connectivity index (χ0v) is 19.6. The van der Waals surface area contributed by atoms with E-state index < -0.39 is 20.9 Å². The first kappa shape index (κ1) is 24.1. The van der Waals surface area contributed by atoms with Crippen LogP contribution in [0.4, 0.5) is 11.4 Å². The second-order valence-electron chi connectivity index (χ2n) is 8.08. The number of nitrogens with zero attached hydrogens (tertiary/aromatic N) is 4. The highest BCUT2D eigenvalue weighted by molar-refractivity contribution is 7.89. The lowest BCUT2D eigenvalue weighted by atomic mass is 10.0. The van der Waals surface area contributed by atoms with Crippen LogP contribution in [0.15, 0.2) is 65.7 Å². The summed E-state index contributed by atoms with van der Waals surface area (Å²) in [4.78, 5) is 37.1. The molecule has 0 atom stereocenters. The minimum Gasteiger partial charge on any atom is -0.364 e. The normalized spacial score (nSPS) is 14.6. The minimum atomic E-state index is -3.88. The largest absolute Gasteiger partial charge is 0.364 e. The van der Waals surface area contributed by atoms with Crippen LogP contribution < -0.4 is 10.6 Å². The van der Waals surface area contributed by atoms with E-state index in [1.54, 1.807) is 35.2 Å². The fourth-order valence-electron chi connectivity index (χ4n) is 4.07. The first-order valence-electron chi connectivity index (χ1n) is 10.7. The van der Waals surface area contributed by atoms with Crippen molar-refractivity contribution < 1.29 is 22.9 Å². The number of nitrogens with two attached hydrogens (primary N) is 1. The van der Waals surface area contributed by atoms with E-state index in [2.05, 4.69) is 0 Å². The second kappa shape index (κ2) is 9.31. The van der Waals surface area contributed by atoms with Gasteiger partial charge in [-0.25, -0.2) is 8.42 Å². The first-order valence-corrected chi connectivity index (χ1v) is 12.1. The zero-order valence-electron chi connectivity index (χ0n) is 18.8. The Bertz CT molecular complexity index is 1410. The van der Waals surface area contributed by atoms with Gasteiger partial charge in [-0.2, -0.15) is 4.31 Å². The monoisotopic (exact) mass is 497 g/mol. The van der Waals surface area contributed by atoms with Crippen LogP contribution in [0.5, 0.6) is 0 Å². The lowest BCUT2D eigenvalue weighted by molar-refractivity contribution is -0.384. The number of hydrogen-bond donors (Lipinski definition) is 1. The van der Waals surface area contributed by atoms with Crippen LogP contribution in [-0.4, -0.2) is 60.1 Å². The predicted octanol–water partition coefficient (Wildman–Crippen LogP) is 1.77. The standard InChI is InChI=1S/C23H23N5O6S/c1-25-15-18(14-21(25)23(24)30)35(33,34)27-11-9-26(10-12-27)19-8-7-17(13-20(19)28(31)32)22(29)16-5-3-2-4-6-16/h2-8,13-15H,9-12H2,1H3,(H2,24,30). The average Bonchev–Trinajstić information content (AvgIpc) is 3.26. The fraction of sp³-hybridized carbons (Fsp3) is 0.217. The number of anilines is 1. The Morgan fingerprint density at radius 1 is 0.971 bits per heavy atom. The molecule has 3 aromatic rings. The Labute approximate surface area is 201 Å². The van der Waals surface area contributed by atoms with Gasteiger partial charge in [-0.1, -0.05) is 30.3 Å². The van der Waals surface area contributed by atoms with Crippen LogP contribution in [0.2, 0.25) is 0 Å². The number of primary amides is 1. The molecular weight excluding hydrogens is 474 g/mol. The summed E-state index contributed by atoms with van der Waals surface area (Å²) in [7, 11) is -2.35. The molecule has 1 aliphatic rings. The van der Waals surface area contributed by atoms with Gasteiger partial charge >= 0.3 is 0 Å². The Kier molecular flexibility index (Phi) is 6.41. The third kappa shape index (κ3) is 4.66. The van der Waals surface area contributed by atoms with Gasteiger partial charge in [0.25, 0.3) is 11.6 Å². The number of nitro benzene ring substituents is 1. The van der Waals surface area contributed by atoms with Crippen molar-refractivity contribution in [2.45, 2.75) is 4.90 Å². The summed E-state index contributed by atoms with van der Waals surface area (Å²) in [5.74, 6) is -1.06. The molecule has 2 aromatic carbocycles. The molecule has 0 spiro atoms. The molecule has 35 heavy (non-hydrogen) atoms. The lowest BCUT2D eigenvalue weighted by Crippen LogP contribution is -2.48. The first-order chi connectivity index (χ1) is 16.6. The van der Waals surface area contributed by atoms with E-state index in [0.29, 0.717) is 11.3 Å². The Morgan fingerprint density at radius 2 is 1.63 bits per heavy atom. The van der Waals surface area contributed by atoms with Crippen molar-refractivity contribution in [3.63, 3.8) is 0 Å². The molecule has 11 nitrogen and oxygen atoms in total. The molecule has 0 aliphatic carbocycles. The van der Waals surface area contributed by atoms with Crippen LogP contribution in [0, 0.1) is 10.1 Å². The molecule has 182 valence electrons. The summed E-state index contributed by atoms with van der Waals surface area (Å²) in [6.07, 6.45) is 1.33. The molecule has 2 heterocycles. The topological polar surface area (TPSA) is 149 Å². The Morgan fingerprint density at radius 3 is 2.20 bits per heavy atom. The van der Waals surface area contributed by atoms with E-state index in [-0.39, 0.29) is 53.8 Å². The van der Waals surface area contributed by atoms with Gasteiger partial charge in [-0.15, -0.1) is 0 Å². The summed E-state index contributed by atoms with van der Waals surface area (Å²) in [6.45, 7) is 0.596. The van der Waals surface area contributed by atoms with Crippen molar-refractivity contribution >= 4 is 33.1 Å². The number of sulfonamides is 1. The molecule has 0 radical (unpaired) electrons. The van der Waals surface area contributed by atoms with Gasteiger partial charge in [0.15, 0.2) is 5.78 Å². The van der Waals surface area contributed by atoms with Crippen LogP contribution in [0.3, 0.4) is 0 Å². The van der Waals surface area contributed by atoms with E-state index in [9.17, 15) is 28.1 Å². The molecule has 4 rings (SSSR count). The lowest BCUT2D eigenvalue weighted by Gasteiger charge is -2.35. The highest BCUT2D eigenvalue weighted by Gasteiger charge is 2.32. The van der Waals surface area contributed by atoms with E-state index >= 15 is 0 Å². The number of carbonyl (C=O) groups is 2. The van der Waals surface area contributed by atoms with Crippen LogP contribution in [0.25, 0.3) is 0 Å². The molecule has 12 heteroatoms. The molecule has 1 aliphatic heterocycles. The highest BCUT2D eigenvalue weighted by Crippen LogP contribution is 2.31. The van der Waals surface area contributed by atoms with Crippen LogP contribution in [-0.2, 0) is 17.1 Å². The SMILES string of the molecule is Cn1cc(S(=O)(=O)N2CCN(c3ccc(C(=O)c4ccccc4)cc3[N+](=O)[O-])CC2)cc1C(N)=O. The van der Waals surface area contributed by atoms with Crippen molar-refractivity contribution in [1.29, 1.82) is 0 Å². The minimum absolute atomic E-state index is 0.0444. The second-order valence-corrected chi connectivity index (χ2v) is 10.0. The Hall–Kier alpha value is -4.03. The number of rotatable bonds is 7. The van der Waals surface area contributed by atoms with Crippen molar-refractivity contribution in [3.8, 4) is 0 Å². The third-order valence-corrected chi connectivity index (χ3v) is 7.78. The van der Waals surface area contributed by atoms with E-state index in [4.69, 9.17) is 5.73 Å². The summed E-state index contributed by atoms with van der Waals surface area (Å²) < 4.78 is 28.7. The number of benzene rings is 2. The van der Waals surface area contributed by atoms with Crippen molar-refractivity contribution in [2.24, 2.45) is 12.8 Å². The molecule has 1 aromatic heterocycles. The number of nitro groups is 1. The predicted molar refractivity (Wildman–Crippen MR) is 128 cm³/mol. The smallest absolute Gasteiger partial charge is 0.293 e. The van der Waals surface area contributed by atoms with Gasteiger partial charge in [0.05, 0.1) is 4.92 Å². The van der Waals surface area contributed by atoms with E-state index in [1.807, 2.05) is 0 Å². The van der Waals surface area contributed by atoms with E-state index in [0.717, 1.165) is 0 Å². The maximum absolute atomic E-state index is 13.0. The molecule has 0 bridgehead atoms. The maximum Gasteiger partial charge on any atom is 0.293 e. The van der Waals surface area contributed by atoms with Gasteiger partial charge in [-0.05, 0) is 18.2 Å². The molecule has 2 N–H and O–H groups in total. The number of ketones is 1. The Balaban J connectivity index is 1.54. The zero-order chi connectivity index (χ0) is 25.3. The van der Waals surface area contributed by atoms with Crippen molar-refractivity contribution in [3.05, 3.63) is 87.7 Å². The van der Waals surface area contributed by atoms with Gasteiger partial charge in [0.1, 0.15) is 16.3 Å². The van der Waals surface area contributed by atoms with Crippen molar-refractivity contribution in [1.82, 2.24) is 8.87 Å². The average molecular weight is 498 g/mol. The molecule has 1 amide bonds. The van der Waals surface area contributed by atoms with Gasteiger partial charge < -0.3 is 15.2 Å². The maximum atomic E-state index is 13.0. The number of amides is 1. The number of piperazine rings is 1. The summed E-state index contributed by atoms with van der Waals surface area (Å²) in [5, 5.41) is 11.8. The van der Waals surface area contributed by atoms with Gasteiger partial charge in [-0.3, -0.25) is 19.7 Å². The molecular formula is C23H23N5O6S. The van der Waals surface area contributed by atoms with Gasteiger partial charge in [0, 0.05) is 56.6 Å². The van der Waals surface area contributed by atoms with Crippen LogP contribution >= 0.6 is 0 Å². The molecule has 1 fully saturated rings.